The predicted octanol–water partition coefficient (Wildman–Crippen LogP) is 0.876. The summed E-state index contributed by atoms with van der Waals surface area (Å²) in [6.45, 7) is 6.20. The molecule has 0 bridgehead atoms. The Labute approximate surface area is 174 Å². The fraction of sp³-hybridized carbons (Fsp3) is 0.435. The molecule has 0 spiro atoms. The number of carbonyl (C=O) groups is 1. The van der Waals surface area contributed by atoms with E-state index in [1.165, 1.54) is 19.3 Å². The van der Waals surface area contributed by atoms with E-state index in [0.29, 0.717) is 30.0 Å². The summed E-state index contributed by atoms with van der Waals surface area (Å²) in [5.74, 6) is 1.21. The number of rotatable bonds is 7. The first-order valence-corrected chi connectivity index (χ1v) is 9.99. The summed E-state index contributed by atoms with van der Waals surface area (Å²) in [5, 5.41) is 0. The van der Waals surface area contributed by atoms with E-state index in [-0.39, 0.29) is 18.4 Å². The van der Waals surface area contributed by atoms with Crippen molar-refractivity contribution < 1.29 is 31.6 Å². The molecule has 5 heteroatoms. The van der Waals surface area contributed by atoms with Gasteiger partial charge in [0.05, 0.1) is 30.8 Å². The average molecular weight is 404 g/mol. The van der Waals surface area contributed by atoms with Gasteiger partial charge in [-0.3, -0.25) is 0 Å². The molecule has 1 saturated heterocycles. The topological polar surface area (TPSA) is 40.0 Å². The number of quaternary nitrogens is 1. The lowest BCUT2D eigenvalue weighted by Crippen LogP contribution is -3.19. The van der Waals surface area contributed by atoms with Crippen LogP contribution in [-0.2, 0) is 4.74 Å². The first-order chi connectivity index (χ1) is 13.1. The van der Waals surface area contributed by atoms with Gasteiger partial charge in [0.2, 0.25) is 0 Å². The Morgan fingerprint density at radius 1 is 0.964 bits per heavy atom. The van der Waals surface area contributed by atoms with Crippen molar-refractivity contribution in [1.29, 1.82) is 0 Å². The lowest BCUT2D eigenvalue weighted by molar-refractivity contribution is -0.951. The molecule has 1 heterocycles. The van der Waals surface area contributed by atoms with E-state index in [0.717, 1.165) is 18.7 Å². The third-order valence-corrected chi connectivity index (χ3v) is 5.45. The van der Waals surface area contributed by atoms with Crippen LogP contribution in [0.1, 0.15) is 49.9 Å². The number of hydrogen-bond donors (Lipinski definition) is 1. The number of nitrogens with one attached hydrogen (secondary N) is 1. The summed E-state index contributed by atoms with van der Waals surface area (Å²) >= 11 is 0. The molecule has 2 aromatic rings. The van der Waals surface area contributed by atoms with Crippen molar-refractivity contribution in [2.24, 2.45) is 0 Å². The Hall–Kier alpha value is -2.04. The number of halogens is 1. The van der Waals surface area contributed by atoms with E-state index in [2.05, 4.69) is 13.8 Å². The fourth-order valence-corrected chi connectivity index (χ4v) is 3.89. The zero-order valence-electron chi connectivity index (χ0n) is 16.7. The number of carbonyl (C=O) groups excluding carboxylic acids is 1. The predicted molar refractivity (Wildman–Crippen MR) is 106 cm³/mol. The lowest BCUT2D eigenvalue weighted by atomic mass is 9.97. The van der Waals surface area contributed by atoms with Crippen LogP contribution in [0.5, 0.6) is 11.5 Å². The minimum atomic E-state index is -0.268. The van der Waals surface area contributed by atoms with E-state index in [4.69, 9.17) is 9.47 Å². The third kappa shape index (κ3) is 6.25. The van der Waals surface area contributed by atoms with Gasteiger partial charge in [-0.2, -0.15) is 0 Å². The summed E-state index contributed by atoms with van der Waals surface area (Å²) in [5.41, 5.74) is 0.558. The maximum atomic E-state index is 12.2. The first kappa shape index (κ1) is 22.3. The van der Waals surface area contributed by atoms with E-state index in [1.54, 1.807) is 29.2 Å². The van der Waals surface area contributed by atoms with Crippen molar-refractivity contribution in [3.63, 3.8) is 0 Å². The maximum Gasteiger partial charge on any atom is 0.338 e. The second-order valence-electron chi connectivity index (χ2n) is 7.49. The zero-order chi connectivity index (χ0) is 19.1. The van der Waals surface area contributed by atoms with E-state index >= 15 is 0 Å². The quantitative estimate of drug-likeness (QED) is 0.551. The third-order valence-electron chi connectivity index (χ3n) is 5.45. The average Bonchev–Trinajstić information content (AvgIpc) is 2.68. The van der Waals surface area contributed by atoms with Gasteiger partial charge in [0.15, 0.2) is 0 Å². The van der Waals surface area contributed by atoms with E-state index in [9.17, 15) is 4.79 Å². The molecule has 152 valence electrons. The molecule has 0 radical (unpaired) electrons. The molecule has 1 aliphatic heterocycles. The normalized spacial score (nSPS) is 21.4. The number of esters is 1. The lowest BCUT2D eigenvalue weighted by Gasteiger charge is -2.35. The largest absolute Gasteiger partial charge is 1.00 e. The fourth-order valence-electron chi connectivity index (χ4n) is 3.89. The molecule has 0 aliphatic carbocycles. The Morgan fingerprint density at radius 3 is 2.21 bits per heavy atom. The number of piperidine rings is 1. The second kappa shape index (κ2) is 11.1. The number of hydrogen-bond acceptors (Lipinski definition) is 3. The number of likely N-dealkylation sites (tertiary alicyclic amines) is 1. The van der Waals surface area contributed by atoms with Gasteiger partial charge in [-0.25, -0.2) is 4.79 Å². The summed E-state index contributed by atoms with van der Waals surface area (Å²) in [4.78, 5) is 13.9. The van der Waals surface area contributed by atoms with E-state index in [1.807, 2.05) is 30.3 Å². The molecule has 28 heavy (non-hydrogen) atoms. The standard InChI is InChI=1S/C23H29NO3.ClH/c1-18-8-6-9-19(2)24(18)16-7-17-26-23(25)20-12-14-22(15-13-20)27-21-10-4-3-5-11-21;/h3-5,10-15,18-19H,6-9,16-17H2,1-2H3;1H. The van der Waals surface area contributed by atoms with Crippen LogP contribution in [0.4, 0.5) is 0 Å². The molecule has 0 amide bonds. The van der Waals surface area contributed by atoms with Crippen LogP contribution in [0.15, 0.2) is 54.6 Å². The molecule has 0 saturated carbocycles. The Balaban J connectivity index is 0.00000280. The zero-order valence-corrected chi connectivity index (χ0v) is 17.5. The van der Waals surface area contributed by atoms with Crippen LogP contribution >= 0.6 is 0 Å². The van der Waals surface area contributed by atoms with E-state index < -0.39 is 0 Å². The van der Waals surface area contributed by atoms with Gasteiger partial charge in [0, 0.05) is 6.42 Å². The van der Waals surface area contributed by atoms with Crippen molar-refractivity contribution in [3.8, 4) is 11.5 Å². The smallest absolute Gasteiger partial charge is 0.338 e. The summed E-state index contributed by atoms with van der Waals surface area (Å²) in [6.07, 6.45) is 4.85. The molecule has 2 aromatic carbocycles. The number of para-hydroxylation sites is 1. The Kier molecular flexibility index (Phi) is 8.81. The molecule has 2 atom stereocenters. The highest BCUT2D eigenvalue weighted by molar-refractivity contribution is 5.89. The molecule has 0 aromatic heterocycles. The van der Waals surface area contributed by atoms with Gasteiger partial charge in [0.25, 0.3) is 0 Å². The molecule has 4 nitrogen and oxygen atoms in total. The molecule has 1 aliphatic rings. The summed E-state index contributed by atoms with van der Waals surface area (Å²) < 4.78 is 11.2. The van der Waals surface area contributed by atoms with Crippen LogP contribution in [0, 0.1) is 0 Å². The van der Waals surface area contributed by atoms with Gasteiger partial charge in [-0.15, -0.1) is 0 Å². The van der Waals surface area contributed by atoms with Crippen molar-refractivity contribution in [1.82, 2.24) is 0 Å². The van der Waals surface area contributed by atoms with Gasteiger partial charge in [-0.05, 0) is 69.5 Å². The van der Waals surface area contributed by atoms with Crippen LogP contribution < -0.4 is 22.0 Å². The maximum absolute atomic E-state index is 12.2. The van der Waals surface area contributed by atoms with Gasteiger partial charge >= 0.3 is 5.97 Å². The molecule has 1 fully saturated rings. The van der Waals surface area contributed by atoms with Crippen LogP contribution in [-0.4, -0.2) is 31.2 Å². The second-order valence-corrected chi connectivity index (χ2v) is 7.49. The highest BCUT2D eigenvalue weighted by Gasteiger charge is 2.27. The van der Waals surface area contributed by atoms with Crippen molar-refractivity contribution in [2.75, 3.05) is 13.2 Å². The monoisotopic (exact) mass is 403 g/mol. The highest BCUT2D eigenvalue weighted by atomic mass is 35.5. The van der Waals surface area contributed by atoms with Crippen molar-refractivity contribution >= 4 is 5.97 Å². The van der Waals surface area contributed by atoms with Crippen LogP contribution in [0.25, 0.3) is 0 Å². The molecular weight excluding hydrogens is 374 g/mol. The summed E-state index contributed by atoms with van der Waals surface area (Å²) in [6, 6.07) is 18.1. The summed E-state index contributed by atoms with van der Waals surface area (Å²) in [7, 11) is 0. The van der Waals surface area contributed by atoms with Gasteiger partial charge < -0.3 is 26.8 Å². The van der Waals surface area contributed by atoms with Crippen molar-refractivity contribution in [3.05, 3.63) is 60.2 Å². The number of ether oxygens (including phenoxy) is 2. The highest BCUT2D eigenvalue weighted by Crippen LogP contribution is 2.21. The number of benzene rings is 2. The SMILES string of the molecule is CC1CCCC(C)[NH+]1CCCOC(=O)c1ccc(Oc2ccccc2)cc1.[Cl-]. The molecule has 2 unspecified atom stereocenters. The van der Waals surface area contributed by atoms with Crippen molar-refractivity contribution in [2.45, 2.75) is 51.6 Å². The van der Waals surface area contributed by atoms with Crippen LogP contribution in [0.2, 0.25) is 0 Å². The van der Waals surface area contributed by atoms with Gasteiger partial charge in [-0.1, -0.05) is 18.2 Å². The minimum absolute atomic E-state index is 0. The molecule has 3 rings (SSSR count). The van der Waals surface area contributed by atoms with Crippen LogP contribution in [0.3, 0.4) is 0 Å². The van der Waals surface area contributed by atoms with Gasteiger partial charge in [0.1, 0.15) is 11.5 Å². The molecular formula is C23H30ClNO3. The molecule has 1 N–H and O–H groups in total. The minimum Gasteiger partial charge on any atom is -1.00 e. The Morgan fingerprint density at radius 2 is 1.57 bits per heavy atom. The first-order valence-electron chi connectivity index (χ1n) is 9.99. The Bertz CT molecular complexity index is 710.